The zero-order valence-electron chi connectivity index (χ0n) is 11.0. The molecule has 2 N–H and O–H groups in total. The summed E-state index contributed by atoms with van der Waals surface area (Å²) in [5, 5.41) is 1.07. The second kappa shape index (κ2) is 5.09. The summed E-state index contributed by atoms with van der Waals surface area (Å²) >= 11 is 0. The van der Waals surface area contributed by atoms with Gasteiger partial charge in [-0.15, -0.1) is 0 Å². The first kappa shape index (κ1) is 12.3. The highest BCUT2D eigenvalue weighted by molar-refractivity contribution is 5.79. The van der Waals surface area contributed by atoms with Crippen LogP contribution in [0.2, 0.25) is 0 Å². The van der Waals surface area contributed by atoms with Crippen molar-refractivity contribution in [3.05, 3.63) is 54.7 Å². The molecule has 4 nitrogen and oxygen atoms in total. The lowest BCUT2D eigenvalue weighted by Crippen LogP contribution is -1.93. The maximum Gasteiger partial charge on any atom is 0.150 e. The normalized spacial score (nSPS) is 10.4. The van der Waals surface area contributed by atoms with E-state index in [2.05, 4.69) is 4.98 Å². The fourth-order valence-corrected chi connectivity index (χ4v) is 1.98. The molecule has 1 heterocycles. The fraction of sp³-hybridized carbons (Fsp3) is 0.0625. The predicted molar refractivity (Wildman–Crippen MR) is 79.2 cm³/mol. The molecule has 20 heavy (non-hydrogen) atoms. The van der Waals surface area contributed by atoms with Crippen molar-refractivity contribution in [3.63, 3.8) is 0 Å². The van der Waals surface area contributed by atoms with E-state index in [9.17, 15) is 0 Å². The van der Waals surface area contributed by atoms with E-state index in [1.165, 1.54) is 0 Å². The molecule has 0 amide bonds. The number of aromatic nitrogens is 1. The summed E-state index contributed by atoms with van der Waals surface area (Å²) < 4.78 is 10.9. The van der Waals surface area contributed by atoms with Crippen LogP contribution in [0.15, 0.2) is 54.7 Å². The molecule has 3 rings (SSSR count). The van der Waals surface area contributed by atoms with Gasteiger partial charge in [-0.2, -0.15) is 0 Å². The molecular formula is C16H14N2O2. The minimum Gasteiger partial charge on any atom is -0.497 e. The van der Waals surface area contributed by atoms with Crippen molar-refractivity contribution < 1.29 is 9.47 Å². The Kier molecular flexibility index (Phi) is 3.13. The number of nitrogens with two attached hydrogens (primary N) is 1. The molecule has 100 valence electrons. The number of rotatable bonds is 3. The van der Waals surface area contributed by atoms with Gasteiger partial charge in [-0.25, -0.2) is 0 Å². The van der Waals surface area contributed by atoms with Crippen molar-refractivity contribution in [2.24, 2.45) is 0 Å². The SMILES string of the molecule is COc1ccc(Oc2ccc3cccnc3c2)c(N)c1. The Morgan fingerprint density at radius 3 is 2.65 bits per heavy atom. The van der Waals surface area contributed by atoms with Crippen molar-refractivity contribution in [1.29, 1.82) is 0 Å². The van der Waals surface area contributed by atoms with Crippen molar-refractivity contribution in [3.8, 4) is 17.2 Å². The molecule has 1 aromatic heterocycles. The number of methoxy groups -OCH3 is 1. The lowest BCUT2D eigenvalue weighted by Gasteiger charge is -2.10. The van der Waals surface area contributed by atoms with Gasteiger partial charge in [0, 0.05) is 23.7 Å². The number of nitrogen functional groups attached to an aromatic ring is 1. The fourth-order valence-electron chi connectivity index (χ4n) is 1.98. The van der Waals surface area contributed by atoms with Gasteiger partial charge in [-0.3, -0.25) is 4.98 Å². The lowest BCUT2D eigenvalue weighted by atomic mass is 10.2. The Morgan fingerprint density at radius 1 is 1.00 bits per heavy atom. The number of benzene rings is 2. The van der Waals surface area contributed by atoms with Crippen LogP contribution in [0.1, 0.15) is 0 Å². The monoisotopic (exact) mass is 266 g/mol. The van der Waals surface area contributed by atoms with Crippen LogP contribution < -0.4 is 15.2 Å². The van der Waals surface area contributed by atoms with E-state index in [1.54, 1.807) is 25.4 Å². The molecule has 0 bridgehead atoms. The van der Waals surface area contributed by atoms with Crippen LogP contribution in [0.25, 0.3) is 10.9 Å². The third-order valence-electron chi connectivity index (χ3n) is 3.02. The van der Waals surface area contributed by atoms with Gasteiger partial charge >= 0.3 is 0 Å². The first-order valence-corrected chi connectivity index (χ1v) is 6.22. The summed E-state index contributed by atoms with van der Waals surface area (Å²) in [6.07, 6.45) is 1.76. The van der Waals surface area contributed by atoms with Crippen LogP contribution in [0.3, 0.4) is 0 Å². The number of pyridine rings is 1. The average Bonchev–Trinajstić information content (AvgIpc) is 2.49. The van der Waals surface area contributed by atoms with Gasteiger partial charge in [0.15, 0.2) is 5.75 Å². The molecule has 0 aliphatic heterocycles. The van der Waals surface area contributed by atoms with Crippen LogP contribution in [0.4, 0.5) is 5.69 Å². The Balaban J connectivity index is 1.92. The molecule has 3 aromatic rings. The first-order valence-electron chi connectivity index (χ1n) is 6.22. The van der Waals surface area contributed by atoms with Crippen LogP contribution in [0, 0.1) is 0 Å². The Morgan fingerprint density at radius 2 is 1.85 bits per heavy atom. The second-order valence-corrected chi connectivity index (χ2v) is 4.36. The van der Waals surface area contributed by atoms with E-state index in [0.717, 1.165) is 10.9 Å². The third-order valence-corrected chi connectivity index (χ3v) is 3.02. The van der Waals surface area contributed by atoms with Gasteiger partial charge in [0.2, 0.25) is 0 Å². The zero-order chi connectivity index (χ0) is 13.9. The molecule has 2 aromatic carbocycles. The Hall–Kier alpha value is -2.75. The first-order chi connectivity index (χ1) is 9.76. The molecule has 0 atom stereocenters. The van der Waals surface area contributed by atoms with E-state index in [-0.39, 0.29) is 0 Å². The van der Waals surface area contributed by atoms with Crippen LogP contribution in [-0.4, -0.2) is 12.1 Å². The molecule has 0 saturated heterocycles. The molecule has 0 fully saturated rings. The zero-order valence-corrected chi connectivity index (χ0v) is 11.0. The molecular weight excluding hydrogens is 252 g/mol. The van der Waals surface area contributed by atoms with Gasteiger partial charge in [0.25, 0.3) is 0 Å². The minimum absolute atomic E-state index is 0.533. The van der Waals surface area contributed by atoms with E-state index < -0.39 is 0 Å². The third kappa shape index (κ3) is 2.36. The van der Waals surface area contributed by atoms with Crippen molar-refractivity contribution in [1.82, 2.24) is 4.98 Å². The summed E-state index contributed by atoms with van der Waals surface area (Å²) in [5.74, 6) is 2.00. The molecule has 0 aliphatic carbocycles. The Bertz CT molecular complexity index is 756. The molecule has 0 radical (unpaired) electrons. The van der Waals surface area contributed by atoms with Crippen LogP contribution in [-0.2, 0) is 0 Å². The largest absolute Gasteiger partial charge is 0.497 e. The van der Waals surface area contributed by atoms with E-state index in [1.807, 2.05) is 36.4 Å². The highest BCUT2D eigenvalue weighted by atomic mass is 16.5. The molecule has 0 unspecified atom stereocenters. The van der Waals surface area contributed by atoms with Gasteiger partial charge in [-0.1, -0.05) is 6.07 Å². The predicted octanol–water partition coefficient (Wildman–Crippen LogP) is 3.62. The standard InChI is InChI=1S/C16H14N2O2/c1-19-12-6-7-16(14(17)9-12)20-13-5-4-11-3-2-8-18-15(11)10-13/h2-10H,17H2,1H3. The minimum atomic E-state index is 0.533. The van der Waals surface area contributed by atoms with E-state index in [0.29, 0.717) is 22.9 Å². The van der Waals surface area contributed by atoms with Gasteiger partial charge in [0.1, 0.15) is 11.5 Å². The van der Waals surface area contributed by atoms with Crippen molar-refractivity contribution in [2.45, 2.75) is 0 Å². The summed E-state index contributed by atoms with van der Waals surface area (Å²) in [4.78, 5) is 4.30. The Labute approximate surface area is 116 Å². The second-order valence-electron chi connectivity index (χ2n) is 4.36. The number of fused-ring (bicyclic) bond motifs is 1. The summed E-state index contributed by atoms with van der Waals surface area (Å²) in [5.41, 5.74) is 7.36. The molecule has 0 spiro atoms. The highest BCUT2D eigenvalue weighted by Gasteiger charge is 2.05. The van der Waals surface area contributed by atoms with Crippen LogP contribution >= 0.6 is 0 Å². The van der Waals surface area contributed by atoms with Crippen LogP contribution in [0.5, 0.6) is 17.2 Å². The number of ether oxygens (including phenoxy) is 2. The van der Waals surface area contributed by atoms with Crippen molar-refractivity contribution in [2.75, 3.05) is 12.8 Å². The highest BCUT2D eigenvalue weighted by Crippen LogP contribution is 2.31. The van der Waals surface area contributed by atoms with Gasteiger partial charge in [0.05, 0.1) is 18.3 Å². The summed E-state index contributed by atoms with van der Waals surface area (Å²) in [7, 11) is 1.60. The average molecular weight is 266 g/mol. The molecule has 0 aliphatic rings. The maximum atomic E-state index is 5.94. The summed E-state index contributed by atoms with van der Waals surface area (Å²) in [6.45, 7) is 0. The van der Waals surface area contributed by atoms with E-state index >= 15 is 0 Å². The number of hydrogen-bond acceptors (Lipinski definition) is 4. The smallest absolute Gasteiger partial charge is 0.150 e. The molecule has 0 saturated carbocycles. The molecule has 4 heteroatoms. The summed E-state index contributed by atoms with van der Waals surface area (Å²) in [6, 6.07) is 15.0. The maximum absolute atomic E-state index is 5.94. The lowest BCUT2D eigenvalue weighted by molar-refractivity contribution is 0.413. The quantitative estimate of drug-likeness (QED) is 0.736. The van der Waals surface area contributed by atoms with Gasteiger partial charge < -0.3 is 15.2 Å². The number of hydrogen-bond donors (Lipinski definition) is 1. The number of nitrogens with zero attached hydrogens (tertiary/aromatic N) is 1. The van der Waals surface area contributed by atoms with E-state index in [4.69, 9.17) is 15.2 Å². The van der Waals surface area contributed by atoms with Crippen molar-refractivity contribution >= 4 is 16.6 Å². The number of anilines is 1. The topological polar surface area (TPSA) is 57.4 Å². The van der Waals surface area contributed by atoms with Gasteiger partial charge in [-0.05, 0) is 30.3 Å².